The first-order valence-corrected chi connectivity index (χ1v) is 11.4. The van der Waals surface area contributed by atoms with Gasteiger partial charge in [-0.25, -0.2) is 4.79 Å². The summed E-state index contributed by atoms with van der Waals surface area (Å²) in [5.41, 5.74) is -1.71. The van der Waals surface area contributed by atoms with Crippen LogP contribution in [0.25, 0.3) is 15.0 Å². The predicted molar refractivity (Wildman–Crippen MR) is 126 cm³/mol. The van der Waals surface area contributed by atoms with E-state index in [1.165, 1.54) is 34.0 Å². The van der Waals surface area contributed by atoms with Crippen LogP contribution in [-0.4, -0.2) is 5.97 Å². The SMILES string of the molecule is C#CC(C)(OC(=O)c1ccc(-[s+]2c(C)cc3ccccc32)cc1)c1ccc(C(F)(F)F)cc1. The van der Waals surface area contributed by atoms with Crippen LogP contribution in [0.4, 0.5) is 13.2 Å². The molecule has 1 heterocycles. The molecule has 2 unspecified atom stereocenters. The highest BCUT2D eigenvalue weighted by Crippen LogP contribution is 2.43. The van der Waals surface area contributed by atoms with E-state index in [9.17, 15) is 18.0 Å². The highest BCUT2D eigenvalue weighted by atomic mass is 32.2. The van der Waals surface area contributed by atoms with Crippen molar-refractivity contribution in [1.29, 1.82) is 0 Å². The summed E-state index contributed by atoms with van der Waals surface area (Å²) in [6, 6.07) is 21.8. The Balaban J connectivity index is 1.58. The molecule has 4 rings (SSSR count). The Morgan fingerprint density at radius 3 is 2.15 bits per heavy atom. The molecule has 0 aliphatic rings. The van der Waals surface area contributed by atoms with Crippen LogP contribution in [0.5, 0.6) is 0 Å². The van der Waals surface area contributed by atoms with Crippen LogP contribution < -0.4 is 0 Å². The maximum Gasteiger partial charge on any atom is 0.416 e. The molecule has 3 aromatic carbocycles. The van der Waals surface area contributed by atoms with Gasteiger partial charge in [0, 0.05) is 34.4 Å². The second-order valence-electron chi connectivity index (χ2n) is 7.77. The van der Waals surface area contributed by atoms with E-state index < -0.39 is 23.3 Å². The van der Waals surface area contributed by atoms with Crippen molar-refractivity contribution in [2.24, 2.45) is 0 Å². The highest BCUT2D eigenvalue weighted by Gasteiger charge is 2.33. The van der Waals surface area contributed by atoms with Crippen LogP contribution in [0.1, 0.15) is 33.3 Å². The first kappa shape index (κ1) is 22.6. The molecular formula is C27H20F3O2S+. The third-order valence-electron chi connectivity index (χ3n) is 5.48. The zero-order chi connectivity index (χ0) is 23.8. The third-order valence-corrected chi connectivity index (χ3v) is 7.80. The summed E-state index contributed by atoms with van der Waals surface area (Å²) < 4.78 is 45.4. The minimum absolute atomic E-state index is 0.207. The van der Waals surface area contributed by atoms with Gasteiger partial charge in [-0.3, -0.25) is 0 Å². The zero-order valence-electron chi connectivity index (χ0n) is 17.9. The fourth-order valence-electron chi connectivity index (χ4n) is 3.67. The molecule has 2 nitrogen and oxygen atoms in total. The molecule has 0 aliphatic heterocycles. The number of fused-ring (bicyclic) bond motifs is 1. The molecule has 0 bridgehead atoms. The maximum absolute atomic E-state index is 12.9. The summed E-state index contributed by atoms with van der Waals surface area (Å²) in [5, 5.41) is 1.20. The number of carbonyl (C=O) groups excluding carboxylic acids is 1. The summed E-state index contributed by atoms with van der Waals surface area (Å²) in [6.45, 7) is 3.57. The van der Waals surface area contributed by atoms with E-state index in [1.54, 1.807) is 12.1 Å². The van der Waals surface area contributed by atoms with Crippen molar-refractivity contribution in [3.63, 3.8) is 0 Å². The molecule has 0 fully saturated rings. The predicted octanol–water partition coefficient (Wildman–Crippen LogP) is 7.61. The van der Waals surface area contributed by atoms with Gasteiger partial charge in [0.2, 0.25) is 0 Å². The molecule has 0 saturated heterocycles. The van der Waals surface area contributed by atoms with E-state index in [0.717, 1.165) is 17.0 Å². The largest absolute Gasteiger partial charge is 0.438 e. The van der Waals surface area contributed by atoms with Gasteiger partial charge < -0.3 is 4.74 Å². The topological polar surface area (TPSA) is 26.3 Å². The first-order valence-electron chi connectivity index (χ1n) is 10.1. The standard InChI is InChI=1S/C27H20F3O2S/c1-4-26(3,21-11-13-22(14-12-21)27(28,29)30)32-25(31)19-9-15-23(16-10-19)33-18(2)17-20-7-5-6-8-24(20)33/h1,5-17H,2-3H3/q+1. The van der Waals surface area contributed by atoms with Crippen LogP contribution in [0, 0.1) is 19.3 Å². The number of hydrogen-bond acceptors (Lipinski definition) is 2. The summed E-state index contributed by atoms with van der Waals surface area (Å²) in [6.07, 6.45) is 1.14. The number of esters is 1. The normalized spacial score (nSPS) is 13.9. The van der Waals surface area contributed by atoms with Crippen LogP contribution >= 0.6 is 10.5 Å². The maximum atomic E-state index is 12.9. The smallest absolute Gasteiger partial charge is 0.416 e. The van der Waals surface area contributed by atoms with Crippen molar-refractivity contribution >= 4 is 26.5 Å². The van der Waals surface area contributed by atoms with E-state index in [4.69, 9.17) is 11.2 Å². The van der Waals surface area contributed by atoms with Crippen LogP contribution in [-0.2, 0) is 16.5 Å². The fourth-order valence-corrected chi connectivity index (χ4v) is 5.87. The quantitative estimate of drug-likeness (QED) is 0.176. The number of rotatable bonds is 4. The number of carbonyl (C=O) groups is 1. The molecular weight excluding hydrogens is 445 g/mol. The molecule has 0 amide bonds. The molecule has 6 heteroatoms. The van der Waals surface area contributed by atoms with Gasteiger partial charge in [-0.15, -0.1) is 6.42 Å². The first-order chi connectivity index (χ1) is 15.6. The van der Waals surface area contributed by atoms with Gasteiger partial charge in [0.1, 0.15) is 0 Å². The molecule has 0 saturated carbocycles. The van der Waals surface area contributed by atoms with Crippen molar-refractivity contribution < 1.29 is 22.7 Å². The highest BCUT2D eigenvalue weighted by molar-refractivity contribution is 7.45. The number of terminal acetylenes is 1. The Hall–Kier alpha value is -3.56. The zero-order valence-corrected chi connectivity index (χ0v) is 18.8. The molecule has 1 aromatic heterocycles. The van der Waals surface area contributed by atoms with Crippen LogP contribution in [0.15, 0.2) is 78.9 Å². The van der Waals surface area contributed by atoms with Crippen LogP contribution in [0.2, 0.25) is 0 Å². The number of aryl methyl sites for hydroxylation is 1. The number of halogens is 3. The number of benzene rings is 3. The summed E-state index contributed by atoms with van der Waals surface area (Å²) in [7, 11) is -0.207. The second kappa shape index (κ2) is 8.42. The molecule has 0 radical (unpaired) electrons. The summed E-state index contributed by atoms with van der Waals surface area (Å²) in [5.74, 6) is 1.75. The number of alkyl halides is 3. The van der Waals surface area contributed by atoms with Gasteiger partial charge in [0.05, 0.1) is 11.1 Å². The van der Waals surface area contributed by atoms with Gasteiger partial charge in [-0.05, 0) is 55.5 Å². The van der Waals surface area contributed by atoms with Crippen molar-refractivity contribution in [2.45, 2.75) is 25.6 Å². The van der Waals surface area contributed by atoms with Gasteiger partial charge in [-0.1, -0.05) is 30.2 Å². The molecule has 0 aliphatic carbocycles. The molecule has 33 heavy (non-hydrogen) atoms. The van der Waals surface area contributed by atoms with Crippen molar-refractivity contribution in [3.8, 4) is 17.2 Å². The number of thiophene rings is 1. The Labute approximate surface area is 192 Å². The number of ether oxygens (including phenoxy) is 1. The molecule has 0 N–H and O–H groups in total. The second-order valence-corrected chi connectivity index (χ2v) is 9.93. The Morgan fingerprint density at radius 2 is 1.55 bits per heavy atom. The third kappa shape index (κ3) is 4.37. The van der Waals surface area contributed by atoms with Gasteiger partial charge in [-0.2, -0.15) is 13.2 Å². The van der Waals surface area contributed by atoms with Crippen molar-refractivity contribution in [2.75, 3.05) is 0 Å². The van der Waals surface area contributed by atoms with E-state index >= 15 is 0 Å². The molecule has 2 atom stereocenters. The van der Waals surface area contributed by atoms with Gasteiger partial charge >= 0.3 is 12.1 Å². The lowest BCUT2D eigenvalue weighted by atomic mass is 9.95. The average molecular weight is 466 g/mol. The van der Waals surface area contributed by atoms with Gasteiger partial charge in [0.15, 0.2) is 20.1 Å². The summed E-state index contributed by atoms with van der Waals surface area (Å²) >= 11 is 0. The summed E-state index contributed by atoms with van der Waals surface area (Å²) in [4.78, 5) is 15.1. The lowest BCUT2D eigenvalue weighted by molar-refractivity contribution is -0.137. The monoisotopic (exact) mass is 465 g/mol. The average Bonchev–Trinajstić information content (AvgIpc) is 3.14. The van der Waals surface area contributed by atoms with E-state index in [0.29, 0.717) is 5.56 Å². The van der Waals surface area contributed by atoms with E-state index in [-0.39, 0.29) is 16.0 Å². The molecule has 0 spiro atoms. The van der Waals surface area contributed by atoms with Gasteiger partial charge in [0.25, 0.3) is 0 Å². The van der Waals surface area contributed by atoms with Crippen molar-refractivity contribution in [3.05, 3.63) is 100 Å². The Kier molecular flexibility index (Phi) is 5.77. The number of hydrogen-bond donors (Lipinski definition) is 0. The minimum atomic E-state index is -4.46. The molecule has 166 valence electrons. The lowest BCUT2D eigenvalue weighted by Crippen LogP contribution is -2.27. The lowest BCUT2D eigenvalue weighted by Gasteiger charge is -2.25. The van der Waals surface area contributed by atoms with E-state index in [1.807, 2.05) is 24.3 Å². The Bertz CT molecular complexity index is 1360. The van der Waals surface area contributed by atoms with Crippen LogP contribution in [0.3, 0.4) is 0 Å². The minimum Gasteiger partial charge on any atom is -0.438 e. The molecule has 4 aromatic rings. The van der Waals surface area contributed by atoms with E-state index in [2.05, 4.69) is 31.0 Å². The fraction of sp³-hybridized carbons (Fsp3) is 0.148. The Morgan fingerprint density at radius 1 is 0.939 bits per heavy atom. The van der Waals surface area contributed by atoms with Crippen molar-refractivity contribution in [1.82, 2.24) is 0 Å².